The zero-order valence-electron chi connectivity index (χ0n) is 7.92. The van der Waals surface area contributed by atoms with Crippen molar-refractivity contribution < 1.29 is 36.6 Å². The van der Waals surface area contributed by atoms with Crippen molar-refractivity contribution in [3.8, 4) is 0 Å². The van der Waals surface area contributed by atoms with Gasteiger partial charge in [-0.1, -0.05) is 9.24 Å². The Bertz CT molecular complexity index is 268. The van der Waals surface area contributed by atoms with Gasteiger partial charge in [-0.3, -0.25) is 0 Å². The van der Waals surface area contributed by atoms with E-state index >= 15 is 0 Å². The van der Waals surface area contributed by atoms with E-state index in [0.717, 1.165) is 9.24 Å². The molecule has 9 heteroatoms. The zero-order valence-corrected chi connectivity index (χ0v) is 9.08. The molecular formula is C7H9F4O4P. The molecule has 1 heterocycles. The summed E-state index contributed by atoms with van der Waals surface area (Å²) in [7, 11) is 1.04. The Hall–Kier alpha value is -0.620. The van der Waals surface area contributed by atoms with Crippen LogP contribution in [0.1, 0.15) is 0 Å². The fraction of sp³-hybridized carbons (Fsp3) is 0.857. The Morgan fingerprint density at radius 1 is 1.44 bits per heavy atom. The lowest BCUT2D eigenvalue weighted by Gasteiger charge is -2.23. The number of rotatable bonds is 4. The lowest BCUT2D eigenvalue weighted by atomic mass is 10.4. The molecule has 94 valence electrons. The van der Waals surface area contributed by atoms with E-state index in [2.05, 4.69) is 14.2 Å². The highest BCUT2D eigenvalue weighted by Crippen LogP contribution is 2.39. The first-order valence-electron chi connectivity index (χ1n) is 4.18. The number of hydrogen-bond donors (Lipinski definition) is 0. The third kappa shape index (κ3) is 3.45. The number of carbonyl (C=O) groups is 1. The Morgan fingerprint density at radius 2 is 2.06 bits per heavy atom. The highest BCUT2D eigenvalue weighted by Gasteiger charge is 2.52. The number of cyclic esters (lactones) is 2. The number of hydrogen-bond acceptors (Lipinski definition) is 4. The molecule has 0 amide bonds. The summed E-state index contributed by atoms with van der Waals surface area (Å²) in [5, 5.41) is -3.50. The molecule has 3 atom stereocenters. The lowest BCUT2D eigenvalue weighted by molar-refractivity contribution is -0.210. The van der Waals surface area contributed by atoms with Crippen LogP contribution in [0.25, 0.3) is 0 Å². The largest absolute Gasteiger partial charge is 0.508 e. The van der Waals surface area contributed by atoms with Crippen molar-refractivity contribution in [3.63, 3.8) is 0 Å². The fourth-order valence-corrected chi connectivity index (χ4v) is 0.986. The van der Waals surface area contributed by atoms with Crippen molar-refractivity contribution in [2.45, 2.75) is 17.7 Å². The summed E-state index contributed by atoms with van der Waals surface area (Å²) in [5.41, 5.74) is 0. The molecular weight excluding hydrogens is 255 g/mol. The van der Waals surface area contributed by atoms with Crippen LogP contribution in [0.2, 0.25) is 0 Å². The van der Waals surface area contributed by atoms with Gasteiger partial charge in [0.15, 0.2) is 6.10 Å². The molecule has 0 aromatic heterocycles. The van der Waals surface area contributed by atoms with E-state index in [4.69, 9.17) is 0 Å². The molecule has 1 fully saturated rings. The van der Waals surface area contributed by atoms with E-state index in [1.807, 2.05) is 0 Å². The maximum absolute atomic E-state index is 12.9. The maximum Gasteiger partial charge on any atom is 0.508 e. The Morgan fingerprint density at radius 3 is 2.50 bits per heavy atom. The van der Waals surface area contributed by atoms with Crippen molar-refractivity contribution in [1.29, 1.82) is 0 Å². The van der Waals surface area contributed by atoms with Gasteiger partial charge in [0.25, 0.3) is 0 Å². The van der Waals surface area contributed by atoms with Crippen LogP contribution in [0.3, 0.4) is 0 Å². The number of ether oxygens (including phenoxy) is 3. The van der Waals surface area contributed by atoms with Gasteiger partial charge in [0.2, 0.25) is 5.41 Å². The van der Waals surface area contributed by atoms with Crippen LogP contribution >= 0.6 is 9.24 Å². The minimum atomic E-state index is -5.03. The first kappa shape index (κ1) is 13.4. The van der Waals surface area contributed by atoms with Crippen LogP contribution in [-0.4, -0.2) is 43.7 Å². The molecule has 0 N–H and O–H groups in total. The molecule has 0 spiro atoms. The van der Waals surface area contributed by atoms with E-state index in [-0.39, 0.29) is 13.2 Å². The molecule has 1 saturated heterocycles. The van der Waals surface area contributed by atoms with E-state index in [1.54, 1.807) is 0 Å². The molecule has 3 unspecified atom stereocenters. The van der Waals surface area contributed by atoms with Gasteiger partial charge in [-0.05, 0) is 0 Å². The highest BCUT2D eigenvalue weighted by atomic mass is 31.0. The van der Waals surface area contributed by atoms with Gasteiger partial charge < -0.3 is 14.2 Å². The van der Waals surface area contributed by atoms with Crippen molar-refractivity contribution in [1.82, 2.24) is 0 Å². The number of carbonyl (C=O) groups excluding carboxylic acids is 1. The summed E-state index contributed by atoms with van der Waals surface area (Å²) in [6, 6.07) is 0. The van der Waals surface area contributed by atoms with Crippen LogP contribution in [0, 0.1) is 0 Å². The number of alkyl halides is 4. The minimum absolute atomic E-state index is 0.110. The second kappa shape index (κ2) is 4.71. The molecule has 0 aromatic carbocycles. The van der Waals surface area contributed by atoms with Crippen LogP contribution in [0.15, 0.2) is 0 Å². The van der Waals surface area contributed by atoms with Crippen LogP contribution in [0.5, 0.6) is 0 Å². The van der Waals surface area contributed by atoms with Gasteiger partial charge in [0.1, 0.15) is 6.61 Å². The Kier molecular flexibility index (Phi) is 3.96. The van der Waals surface area contributed by atoms with Gasteiger partial charge in [0, 0.05) is 0 Å². The average Bonchev–Trinajstić information content (AvgIpc) is 2.49. The van der Waals surface area contributed by atoms with Crippen molar-refractivity contribution in [2.75, 3.05) is 19.8 Å². The molecule has 1 rings (SSSR count). The third-order valence-corrected chi connectivity index (χ3v) is 2.23. The monoisotopic (exact) mass is 264 g/mol. The van der Waals surface area contributed by atoms with Crippen molar-refractivity contribution in [2.24, 2.45) is 0 Å². The quantitative estimate of drug-likeness (QED) is 0.440. The Labute approximate surface area is 90.4 Å². The average molecular weight is 264 g/mol. The van der Waals surface area contributed by atoms with Crippen LogP contribution in [-0.2, 0) is 14.2 Å². The zero-order chi connectivity index (χ0) is 12.4. The number of halogens is 4. The van der Waals surface area contributed by atoms with Crippen LogP contribution in [0.4, 0.5) is 22.4 Å². The summed E-state index contributed by atoms with van der Waals surface area (Å²) < 4.78 is 62.3. The third-order valence-electron chi connectivity index (χ3n) is 1.74. The van der Waals surface area contributed by atoms with E-state index < -0.39 is 30.5 Å². The minimum Gasteiger partial charge on any atom is -0.430 e. The molecule has 1 aliphatic rings. The smallest absolute Gasteiger partial charge is 0.430 e. The standard InChI is InChI=1S/C7H9F4O4P/c8-6(16,7(9,10)11)3-13-1-4-2-14-5(12)15-4/h4H,1-3,16H2. The van der Waals surface area contributed by atoms with Gasteiger partial charge in [0.05, 0.1) is 13.2 Å². The van der Waals surface area contributed by atoms with E-state index in [1.165, 1.54) is 0 Å². The van der Waals surface area contributed by atoms with Crippen LogP contribution < -0.4 is 0 Å². The Balaban J connectivity index is 2.27. The van der Waals surface area contributed by atoms with E-state index in [0.29, 0.717) is 0 Å². The van der Waals surface area contributed by atoms with Gasteiger partial charge in [-0.15, -0.1) is 0 Å². The predicted molar refractivity (Wildman–Crippen MR) is 46.6 cm³/mol. The van der Waals surface area contributed by atoms with Crippen molar-refractivity contribution in [3.05, 3.63) is 0 Å². The molecule has 0 bridgehead atoms. The van der Waals surface area contributed by atoms with Gasteiger partial charge in [-0.25, -0.2) is 9.18 Å². The normalized spacial score (nSPS) is 24.8. The molecule has 0 radical (unpaired) electrons. The maximum atomic E-state index is 12.9. The molecule has 1 aliphatic heterocycles. The second-order valence-corrected chi connectivity index (χ2v) is 4.09. The summed E-state index contributed by atoms with van der Waals surface area (Å²) in [5.74, 6) is 0. The van der Waals surface area contributed by atoms with E-state index in [9.17, 15) is 22.4 Å². The van der Waals surface area contributed by atoms with Gasteiger partial charge >= 0.3 is 12.3 Å². The second-order valence-electron chi connectivity index (χ2n) is 3.18. The molecule has 4 nitrogen and oxygen atoms in total. The summed E-state index contributed by atoms with van der Waals surface area (Å²) in [6.45, 7) is -1.64. The molecule has 0 saturated carbocycles. The summed E-state index contributed by atoms with van der Waals surface area (Å²) >= 11 is 0. The highest BCUT2D eigenvalue weighted by molar-refractivity contribution is 7.18. The topological polar surface area (TPSA) is 44.8 Å². The summed E-state index contributed by atoms with van der Waals surface area (Å²) in [4.78, 5) is 10.4. The van der Waals surface area contributed by atoms with Gasteiger partial charge in [-0.2, -0.15) is 13.2 Å². The molecule has 16 heavy (non-hydrogen) atoms. The van der Waals surface area contributed by atoms with Crippen molar-refractivity contribution >= 4 is 15.4 Å². The molecule has 0 aromatic rings. The predicted octanol–water partition coefficient (Wildman–Crippen LogP) is 1.64. The summed E-state index contributed by atoms with van der Waals surface area (Å²) in [6.07, 6.45) is -6.73. The lowest BCUT2D eigenvalue weighted by Crippen LogP contribution is -2.40. The first-order chi connectivity index (χ1) is 7.22. The first-order valence-corrected chi connectivity index (χ1v) is 4.76. The fourth-order valence-electron chi connectivity index (χ4n) is 0.868. The molecule has 0 aliphatic carbocycles. The SMILES string of the molecule is O=C1OCC(COCC(F)(P)C(F)(F)F)O1.